The van der Waals surface area contributed by atoms with E-state index in [-0.39, 0.29) is 37.6 Å². The van der Waals surface area contributed by atoms with E-state index >= 15 is 0 Å². The summed E-state index contributed by atoms with van der Waals surface area (Å²) in [7, 11) is 0. The molecule has 2 aromatic carbocycles. The molecule has 11 nitrogen and oxygen atoms in total. The van der Waals surface area contributed by atoms with Crippen molar-refractivity contribution in [1.29, 1.82) is 0 Å². The first-order valence-electron chi connectivity index (χ1n) is 15.1. The summed E-state index contributed by atoms with van der Waals surface area (Å²) in [5, 5.41) is 4.34. The lowest BCUT2D eigenvalue weighted by Crippen LogP contribution is -2.64. The minimum atomic E-state index is -0.433. The number of carbonyl (C=O) groups is 4. The van der Waals surface area contributed by atoms with Crippen molar-refractivity contribution in [3.8, 4) is 11.5 Å². The van der Waals surface area contributed by atoms with Crippen molar-refractivity contribution in [3.05, 3.63) is 65.6 Å². The molecule has 2 atom stereocenters. The molecule has 12 heteroatoms. The average molecular weight is 620 g/mol. The highest BCUT2D eigenvalue weighted by Crippen LogP contribution is 2.35. The second-order valence-electron chi connectivity index (χ2n) is 11.3. The first-order valence-corrected chi connectivity index (χ1v) is 16.1. The highest BCUT2D eigenvalue weighted by molar-refractivity contribution is 8.03. The van der Waals surface area contributed by atoms with Gasteiger partial charge in [-0.05, 0) is 48.1 Å². The molecule has 0 aromatic heterocycles. The predicted molar refractivity (Wildman–Crippen MR) is 166 cm³/mol. The van der Waals surface area contributed by atoms with E-state index < -0.39 is 17.3 Å². The minimum absolute atomic E-state index is 0.0520. The number of hydrogen-bond donors (Lipinski definition) is 1. The molecule has 1 N–H and O–H groups in total. The van der Waals surface area contributed by atoms with Gasteiger partial charge < -0.3 is 29.5 Å². The number of ether oxygens (including phenoxy) is 2. The Kier molecular flexibility index (Phi) is 9.25. The maximum absolute atomic E-state index is 13.5. The van der Waals surface area contributed by atoms with Crippen LogP contribution in [0.25, 0.3) is 0 Å². The minimum Gasteiger partial charge on any atom is -0.454 e. The van der Waals surface area contributed by atoms with Gasteiger partial charge in [-0.3, -0.25) is 19.3 Å². The van der Waals surface area contributed by atoms with Crippen LogP contribution in [0, 0.1) is 0 Å². The van der Waals surface area contributed by atoms with Gasteiger partial charge in [-0.25, -0.2) is 4.79 Å². The zero-order chi connectivity index (χ0) is 30.5. The van der Waals surface area contributed by atoms with Crippen LogP contribution in [0.4, 0.5) is 10.5 Å². The van der Waals surface area contributed by atoms with E-state index in [2.05, 4.69) is 22.3 Å². The number of anilines is 1. The van der Waals surface area contributed by atoms with E-state index in [0.717, 1.165) is 24.3 Å². The molecule has 0 aliphatic carbocycles. The van der Waals surface area contributed by atoms with E-state index in [9.17, 15) is 19.2 Å². The van der Waals surface area contributed by atoms with Crippen LogP contribution in [0.2, 0.25) is 0 Å². The Labute approximate surface area is 261 Å². The fourth-order valence-electron chi connectivity index (χ4n) is 5.94. The number of imide groups is 1. The summed E-state index contributed by atoms with van der Waals surface area (Å²) in [6.45, 7) is 3.45. The van der Waals surface area contributed by atoms with Crippen molar-refractivity contribution >= 4 is 41.2 Å². The highest BCUT2D eigenvalue weighted by atomic mass is 32.2. The number of fused-ring (bicyclic) bond motifs is 2. The maximum atomic E-state index is 13.5. The number of piperazine rings is 1. The van der Waals surface area contributed by atoms with Crippen LogP contribution >= 0.6 is 11.8 Å². The molecule has 5 amide bonds. The van der Waals surface area contributed by atoms with Gasteiger partial charge in [-0.1, -0.05) is 36.8 Å². The summed E-state index contributed by atoms with van der Waals surface area (Å²) in [6, 6.07) is 14.9. The molecule has 2 unspecified atom stereocenters. The number of urea groups is 1. The topological polar surface area (TPSA) is 112 Å². The smallest absolute Gasteiger partial charge is 0.327 e. The SMILES string of the molecule is O=C(CCCCCN1C(=O)C2SC=CC2N(CC(=O)N2CCN(c3ccccc3)CC2)C1=O)NCc1ccc2c(c1)OCO2. The van der Waals surface area contributed by atoms with Gasteiger partial charge in [0.25, 0.3) is 0 Å². The number of thioether (sulfide) groups is 1. The van der Waals surface area contributed by atoms with E-state index in [0.29, 0.717) is 56.8 Å². The van der Waals surface area contributed by atoms with Crippen molar-refractivity contribution in [2.45, 2.75) is 43.5 Å². The Bertz CT molecular complexity index is 1410. The Morgan fingerprint density at radius 1 is 0.932 bits per heavy atom. The number of carbonyl (C=O) groups excluding carboxylic acids is 4. The number of unbranched alkanes of at least 4 members (excludes halogenated alkanes) is 2. The third-order valence-corrected chi connectivity index (χ3v) is 9.52. The van der Waals surface area contributed by atoms with Crippen molar-refractivity contribution < 1.29 is 28.7 Å². The third-order valence-electron chi connectivity index (χ3n) is 8.43. The van der Waals surface area contributed by atoms with E-state index in [1.807, 2.05) is 52.8 Å². The number of para-hydroxylation sites is 1. The van der Waals surface area contributed by atoms with Crippen LogP contribution in [0.3, 0.4) is 0 Å². The number of nitrogens with zero attached hydrogens (tertiary/aromatic N) is 4. The molecule has 4 heterocycles. The molecular formula is C32H37N5O6S. The van der Waals surface area contributed by atoms with Crippen molar-refractivity contribution in [2.75, 3.05) is 51.0 Å². The van der Waals surface area contributed by atoms with Gasteiger partial charge in [-0.2, -0.15) is 0 Å². The normalized spacial score (nSPS) is 20.7. The molecule has 0 saturated carbocycles. The van der Waals surface area contributed by atoms with Crippen LogP contribution in [0.5, 0.6) is 11.5 Å². The summed E-state index contributed by atoms with van der Waals surface area (Å²) in [5.41, 5.74) is 2.07. The van der Waals surface area contributed by atoms with Crippen LogP contribution in [-0.2, 0) is 20.9 Å². The van der Waals surface area contributed by atoms with Gasteiger partial charge in [0.15, 0.2) is 11.5 Å². The highest BCUT2D eigenvalue weighted by Gasteiger charge is 2.47. The number of hydrogen-bond acceptors (Lipinski definition) is 8. The summed E-state index contributed by atoms with van der Waals surface area (Å²) in [5.74, 6) is 1.02. The Balaban J connectivity index is 0.950. The van der Waals surface area contributed by atoms with Crippen LogP contribution < -0.4 is 19.7 Å². The van der Waals surface area contributed by atoms with Crippen molar-refractivity contribution in [3.63, 3.8) is 0 Å². The molecule has 44 heavy (non-hydrogen) atoms. The van der Waals surface area contributed by atoms with Gasteiger partial charge in [0.05, 0.1) is 6.04 Å². The number of nitrogens with one attached hydrogen (secondary N) is 1. The predicted octanol–water partition coefficient (Wildman–Crippen LogP) is 3.20. The monoisotopic (exact) mass is 619 g/mol. The molecule has 232 valence electrons. The third kappa shape index (κ3) is 6.64. The zero-order valence-electron chi connectivity index (χ0n) is 24.6. The lowest BCUT2D eigenvalue weighted by molar-refractivity contribution is -0.136. The molecule has 4 aliphatic heterocycles. The molecule has 0 bridgehead atoms. The van der Waals surface area contributed by atoms with Crippen molar-refractivity contribution in [1.82, 2.24) is 20.0 Å². The van der Waals surface area contributed by atoms with Crippen LogP contribution in [0.1, 0.15) is 31.2 Å². The molecule has 2 saturated heterocycles. The Morgan fingerprint density at radius 3 is 2.55 bits per heavy atom. The average Bonchev–Trinajstić information content (AvgIpc) is 3.74. The lowest BCUT2D eigenvalue weighted by Gasteiger charge is -2.42. The largest absolute Gasteiger partial charge is 0.454 e. The van der Waals surface area contributed by atoms with Gasteiger partial charge in [-0.15, -0.1) is 11.8 Å². The summed E-state index contributed by atoms with van der Waals surface area (Å²) < 4.78 is 10.7. The fourth-order valence-corrected chi connectivity index (χ4v) is 7.01. The molecule has 2 fully saturated rings. The fraction of sp³-hybridized carbons (Fsp3) is 0.438. The summed E-state index contributed by atoms with van der Waals surface area (Å²) in [6.07, 6.45) is 4.13. The molecule has 6 rings (SSSR count). The molecular weight excluding hydrogens is 582 g/mol. The van der Waals surface area contributed by atoms with E-state index in [1.54, 1.807) is 4.90 Å². The van der Waals surface area contributed by atoms with Crippen LogP contribution in [-0.4, -0.2) is 95.8 Å². The molecule has 2 aromatic rings. The van der Waals surface area contributed by atoms with Gasteiger partial charge in [0, 0.05) is 51.4 Å². The summed E-state index contributed by atoms with van der Waals surface area (Å²) in [4.78, 5) is 59.3. The number of amides is 5. The maximum Gasteiger partial charge on any atom is 0.327 e. The molecule has 4 aliphatic rings. The number of benzene rings is 2. The molecule has 0 spiro atoms. The quantitative estimate of drug-likeness (QED) is 0.382. The standard InChI is InChI=1S/C32H37N5O6S/c38-28(33-20-23-10-11-26-27(19-23)43-22-42-26)9-5-2-6-13-36-31(40)30-25(12-18-44-30)37(32(36)41)21-29(39)35-16-14-34(15-17-35)24-7-3-1-4-8-24/h1,3-4,7-8,10-12,18-19,25,30H,2,5-6,9,13-17,20-22H2,(H,33,38). The van der Waals surface area contributed by atoms with Crippen molar-refractivity contribution in [2.24, 2.45) is 0 Å². The Hall–Kier alpha value is -4.19. The van der Waals surface area contributed by atoms with Gasteiger partial charge >= 0.3 is 6.03 Å². The summed E-state index contributed by atoms with van der Waals surface area (Å²) >= 11 is 1.40. The van der Waals surface area contributed by atoms with E-state index in [1.165, 1.54) is 16.7 Å². The Morgan fingerprint density at radius 2 is 1.73 bits per heavy atom. The zero-order valence-corrected chi connectivity index (χ0v) is 25.4. The van der Waals surface area contributed by atoms with E-state index in [4.69, 9.17) is 9.47 Å². The van der Waals surface area contributed by atoms with Gasteiger partial charge in [0.2, 0.25) is 24.5 Å². The second kappa shape index (κ2) is 13.6. The number of rotatable bonds is 11. The van der Waals surface area contributed by atoms with Crippen LogP contribution in [0.15, 0.2) is 60.0 Å². The molecule has 0 radical (unpaired) electrons. The first kappa shape index (κ1) is 29.9. The lowest BCUT2D eigenvalue weighted by atomic mass is 10.1. The first-order chi connectivity index (χ1) is 21.5. The van der Waals surface area contributed by atoms with Gasteiger partial charge in [0.1, 0.15) is 11.8 Å². The second-order valence-corrected chi connectivity index (χ2v) is 12.3.